The maximum atomic E-state index is 12.7. The van der Waals surface area contributed by atoms with Gasteiger partial charge in [-0.25, -0.2) is 4.98 Å². The first-order chi connectivity index (χ1) is 14.9. The van der Waals surface area contributed by atoms with Crippen LogP contribution in [0, 0.1) is 0 Å². The van der Waals surface area contributed by atoms with Crippen molar-refractivity contribution < 1.29 is 4.79 Å². The quantitative estimate of drug-likeness (QED) is 0.540. The van der Waals surface area contributed by atoms with Crippen LogP contribution in [0.25, 0.3) is 11.0 Å². The third-order valence-corrected chi connectivity index (χ3v) is 6.13. The lowest BCUT2D eigenvalue weighted by Gasteiger charge is -2.34. The van der Waals surface area contributed by atoms with Gasteiger partial charge in [0.2, 0.25) is 11.9 Å². The zero-order chi connectivity index (χ0) is 22.0. The Morgan fingerprint density at radius 1 is 1.16 bits per heavy atom. The average Bonchev–Trinajstić information content (AvgIpc) is 3.17. The van der Waals surface area contributed by atoms with E-state index < -0.39 is 0 Å². The van der Waals surface area contributed by atoms with Crippen LogP contribution in [-0.2, 0) is 17.9 Å². The predicted molar refractivity (Wildman–Crippen MR) is 128 cm³/mol. The lowest BCUT2D eigenvalue weighted by molar-refractivity contribution is -0.130. The number of nitrogens with zero attached hydrogens (tertiary/aromatic N) is 5. The molecule has 0 aliphatic carbocycles. The summed E-state index contributed by atoms with van der Waals surface area (Å²) < 4.78 is 1.68. The molecule has 32 heavy (non-hydrogen) atoms. The van der Waals surface area contributed by atoms with Crippen LogP contribution in [0.4, 0.5) is 5.95 Å². The van der Waals surface area contributed by atoms with E-state index in [1.54, 1.807) is 29.9 Å². The molecule has 0 atom stereocenters. The van der Waals surface area contributed by atoms with Crippen LogP contribution in [0.1, 0.15) is 12.5 Å². The van der Waals surface area contributed by atoms with Gasteiger partial charge in [0, 0.05) is 46.2 Å². The Kier molecular flexibility index (Phi) is 8.00. The minimum atomic E-state index is -0.250. The van der Waals surface area contributed by atoms with E-state index in [1.807, 2.05) is 11.0 Å². The van der Waals surface area contributed by atoms with Crippen molar-refractivity contribution in [2.24, 2.45) is 0 Å². The Morgan fingerprint density at radius 3 is 2.59 bits per heavy atom. The largest absolute Gasteiger partial charge is 0.352 e. The van der Waals surface area contributed by atoms with E-state index in [1.165, 1.54) is 0 Å². The van der Waals surface area contributed by atoms with Crippen LogP contribution < -0.4 is 10.9 Å². The van der Waals surface area contributed by atoms with Crippen LogP contribution in [0.5, 0.6) is 0 Å². The summed E-state index contributed by atoms with van der Waals surface area (Å²) in [5, 5.41) is 8.41. The number of carbonyl (C=O) groups excluding carboxylic acids is 1. The molecule has 1 amide bonds. The van der Waals surface area contributed by atoms with Gasteiger partial charge in [-0.05, 0) is 17.7 Å². The maximum Gasteiger partial charge on any atom is 0.278 e. The van der Waals surface area contributed by atoms with Crippen molar-refractivity contribution >= 4 is 58.5 Å². The molecule has 2 N–H and O–H groups in total. The monoisotopic (exact) mass is 499 g/mol. The summed E-state index contributed by atoms with van der Waals surface area (Å²) in [4.78, 5) is 35.5. The zero-order valence-electron chi connectivity index (χ0n) is 17.5. The normalized spacial score (nSPS) is 14.4. The Hall–Kier alpha value is -2.33. The van der Waals surface area contributed by atoms with Crippen LogP contribution in [0.15, 0.2) is 29.2 Å². The van der Waals surface area contributed by atoms with Crippen molar-refractivity contribution in [1.29, 1.82) is 0 Å². The van der Waals surface area contributed by atoms with Crippen molar-refractivity contribution in [3.63, 3.8) is 0 Å². The number of anilines is 1. The fraction of sp³-hybridized carbons (Fsp3) is 0.400. The van der Waals surface area contributed by atoms with Gasteiger partial charge in [0.1, 0.15) is 5.52 Å². The second-order valence-electron chi connectivity index (χ2n) is 7.47. The molecule has 0 saturated carbocycles. The molecule has 0 bridgehead atoms. The van der Waals surface area contributed by atoms with Crippen LogP contribution >= 0.6 is 35.6 Å². The number of fused-ring (bicyclic) bond motifs is 1. The lowest BCUT2D eigenvalue weighted by Crippen LogP contribution is -2.48. The first kappa shape index (κ1) is 24.3. The van der Waals surface area contributed by atoms with Gasteiger partial charge in [-0.2, -0.15) is 5.10 Å². The fourth-order valence-electron chi connectivity index (χ4n) is 3.62. The smallest absolute Gasteiger partial charge is 0.278 e. The van der Waals surface area contributed by atoms with Crippen molar-refractivity contribution in [3.05, 3.63) is 50.4 Å². The van der Waals surface area contributed by atoms with Gasteiger partial charge in [0.05, 0.1) is 22.8 Å². The Labute approximate surface area is 201 Å². The number of carbonyl (C=O) groups is 1. The Balaban J connectivity index is 0.00000289. The molecule has 2 aromatic heterocycles. The second kappa shape index (κ2) is 10.5. The number of amides is 1. The molecule has 1 aliphatic heterocycles. The highest BCUT2D eigenvalue weighted by molar-refractivity contribution is 6.42. The summed E-state index contributed by atoms with van der Waals surface area (Å²) in [6.45, 7) is 6.44. The van der Waals surface area contributed by atoms with Gasteiger partial charge >= 0.3 is 0 Å². The Bertz CT molecular complexity index is 1160. The SMILES string of the molecule is CC(=O)N1CCN(CCn2ncc3nc(NCc4ccc(Cl)c(Cl)c4)[nH]c(=O)c32)CC1.Cl. The molecule has 0 spiro atoms. The summed E-state index contributed by atoms with van der Waals surface area (Å²) in [6.07, 6.45) is 1.60. The van der Waals surface area contributed by atoms with Gasteiger partial charge in [0.25, 0.3) is 5.56 Å². The van der Waals surface area contributed by atoms with Crippen LogP contribution in [0.3, 0.4) is 0 Å². The lowest BCUT2D eigenvalue weighted by atomic mass is 10.2. The third-order valence-electron chi connectivity index (χ3n) is 5.39. The molecule has 9 nitrogen and oxygen atoms in total. The Morgan fingerprint density at radius 2 is 1.91 bits per heavy atom. The molecule has 1 fully saturated rings. The zero-order valence-corrected chi connectivity index (χ0v) is 19.8. The number of hydrogen-bond acceptors (Lipinski definition) is 6. The first-order valence-electron chi connectivity index (χ1n) is 10.0. The highest BCUT2D eigenvalue weighted by Gasteiger charge is 2.19. The van der Waals surface area contributed by atoms with Crippen molar-refractivity contribution in [1.82, 2.24) is 29.5 Å². The summed E-state index contributed by atoms with van der Waals surface area (Å²) in [5.74, 6) is 0.474. The van der Waals surface area contributed by atoms with Crippen LogP contribution in [0.2, 0.25) is 10.0 Å². The highest BCUT2D eigenvalue weighted by atomic mass is 35.5. The van der Waals surface area contributed by atoms with Gasteiger partial charge in [0.15, 0.2) is 5.52 Å². The van der Waals surface area contributed by atoms with Gasteiger partial charge in [-0.3, -0.25) is 24.2 Å². The minimum Gasteiger partial charge on any atom is -0.352 e. The molecule has 3 heterocycles. The van der Waals surface area contributed by atoms with Gasteiger partial charge in [-0.1, -0.05) is 29.3 Å². The number of hydrogen-bond donors (Lipinski definition) is 2. The second-order valence-corrected chi connectivity index (χ2v) is 8.28. The van der Waals surface area contributed by atoms with Crippen molar-refractivity contribution in [2.45, 2.75) is 20.0 Å². The maximum absolute atomic E-state index is 12.7. The van der Waals surface area contributed by atoms with E-state index in [9.17, 15) is 9.59 Å². The highest BCUT2D eigenvalue weighted by Crippen LogP contribution is 2.22. The van der Waals surface area contributed by atoms with E-state index >= 15 is 0 Å². The van der Waals surface area contributed by atoms with E-state index in [0.29, 0.717) is 40.1 Å². The first-order valence-corrected chi connectivity index (χ1v) is 10.8. The summed E-state index contributed by atoms with van der Waals surface area (Å²) in [5.41, 5.74) is 1.64. The molecule has 3 aromatic rings. The van der Waals surface area contributed by atoms with E-state index in [4.69, 9.17) is 23.2 Å². The number of rotatable bonds is 6. The fourth-order valence-corrected chi connectivity index (χ4v) is 3.94. The van der Waals surface area contributed by atoms with Gasteiger partial charge in [-0.15, -0.1) is 12.4 Å². The van der Waals surface area contributed by atoms with Gasteiger partial charge < -0.3 is 10.2 Å². The van der Waals surface area contributed by atoms with E-state index in [0.717, 1.165) is 38.3 Å². The molecule has 172 valence electrons. The number of nitrogens with one attached hydrogen (secondary N) is 2. The number of halogens is 3. The number of H-pyrrole nitrogens is 1. The predicted octanol–water partition coefficient (Wildman–Crippen LogP) is 2.62. The molecule has 1 aliphatic rings. The number of benzene rings is 1. The molecule has 0 unspecified atom stereocenters. The average molecular weight is 501 g/mol. The summed E-state index contributed by atoms with van der Waals surface area (Å²) in [6, 6.07) is 5.35. The number of aromatic nitrogens is 4. The van der Waals surface area contributed by atoms with E-state index in [-0.39, 0.29) is 23.9 Å². The number of aromatic amines is 1. The number of piperazine rings is 1. The summed E-state index contributed by atoms with van der Waals surface area (Å²) in [7, 11) is 0. The molecular formula is C20H24Cl3N7O2. The third kappa shape index (κ3) is 5.53. The molecule has 0 radical (unpaired) electrons. The standard InChI is InChI=1S/C20H23Cl2N7O2.ClH/c1-13(30)28-7-4-27(5-8-28)6-9-29-18-17(12-24-29)25-20(26-19(18)31)23-11-14-2-3-15(21)16(22)10-14;/h2-3,10,12H,4-9,11H2,1H3,(H2,23,25,26,31);1H. The molecule has 1 saturated heterocycles. The molecule has 4 rings (SSSR count). The minimum absolute atomic E-state index is 0. The van der Waals surface area contributed by atoms with Crippen LogP contribution in [-0.4, -0.2) is 68.2 Å². The summed E-state index contributed by atoms with van der Waals surface area (Å²) >= 11 is 12.0. The topological polar surface area (TPSA) is 99.2 Å². The van der Waals surface area contributed by atoms with Crippen molar-refractivity contribution in [3.8, 4) is 0 Å². The molecule has 12 heteroatoms. The van der Waals surface area contributed by atoms with Crippen molar-refractivity contribution in [2.75, 3.05) is 38.0 Å². The molecule has 1 aromatic carbocycles. The van der Waals surface area contributed by atoms with E-state index in [2.05, 4.69) is 25.3 Å². The molecular weight excluding hydrogens is 477 g/mol.